The van der Waals surface area contributed by atoms with Crippen molar-refractivity contribution in [2.24, 2.45) is 5.92 Å². The van der Waals surface area contributed by atoms with Gasteiger partial charge in [0, 0.05) is 18.0 Å². The first-order valence-electron chi connectivity index (χ1n) is 5.47. The van der Waals surface area contributed by atoms with Crippen LogP contribution < -0.4 is 0 Å². The molecule has 3 nitrogen and oxygen atoms in total. The fraction of sp³-hybridized carbons (Fsp3) is 0.727. The van der Waals surface area contributed by atoms with Gasteiger partial charge in [-0.1, -0.05) is 0 Å². The average molecular weight is 225 g/mol. The summed E-state index contributed by atoms with van der Waals surface area (Å²) in [6, 6.07) is 0. The molecular weight excluding hydrogens is 210 g/mol. The van der Waals surface area contributed by atoms with E-state index in [2.05, 4.69) is 4.98 Å². The number of aromatic nitrogens is 1. The Kier molecular flexibility index (Phi) is 1.97. The number of rotatable bonds is 1. The van der Waals surface area contributed by atoms with Crippen LogP contribution in [0.5, 0.6) is 0 Å². The van der Waals surface area contributed by atoms with Crippen molar-refractivity contribution in [3.8, 4) is 0 Å². The first-order valence-corrected chi connectivity index (χ1v) is 6.35. The number of fused-ring (bicyclic) bond motifs is 3. The summed E-state index contributed by atoms with van der Waals surface area (Å²) in [5.41, 5.74) is -1.51. The third-order valence-electron chi connectivity index (χ3n) is 3.99. The molecule has 82 valence electrons. The van der Waals surface area contributed by atoms with E-state index in [4.69, 9.17) is 0 Å². The Morgan fingerprint density at radius 2 is 2.07 bits per heavy atom. The van der Waals surface area contributed by atoms with Crippen LogP contribution in [0, 0.1) is 5.92 Å². The molecule has 2 bridgehead atoms. The molecule has 0 amide bonds. The molecule has 3 fully saturated rings. The number of thiazole rings is 1. The van der Waals surface area contributed by atoms with E-state index in [9.17, 15) is 10.2 Å². The van der Waals surface area contributed by atoms with Gasteiger partial charge in [0.1, 0.15) is 10.6 Å². The lowest BCUT2D eigenvalue weighted by molar-refractivity contribution is -0.177. The molecule has 3 aliphatic rings. The van der Waals surface area contributed by atoms with Crippen LogP contribution in [0.3, 0.4) is 0 Å². The highest BCUT2D eigenvalue weighted by Gasteiger charge is 2.54. The quantitative estimate of drug-likeness (QED) is 0.764. The van der Waals surface area contributed by atoms with Crippen molar-refractivity contribution < 1.29 is 10.2 Å². The van der Waals surface area contributed by atoms with Gasteiger partial charge >= 0.3 is 0 Å². The molecule has 4 heteroatoms. The van der Waals surface area contributed by atoms with Crippen molar-refractivity contribution >= 4 is 11.3 Å². The van der Waals surface area contributed by atoms with E-state index < -0.39 is 11.2 Å². The molecule has 3 saturated carbocycles. The monoisotopic (exact) mass is 225 g/mol. The van der Waals surface area contributed by atoms with Gasteiger partial charge in [0.25, 0.3) is 0 Å². The summed E-state index contributed by atoms with van der Waals surface area (Å²) in [5, 5.41) is 23.6. The summed E-state index contributed by atoms with van der Waals surface area (Å²) in [6.45, 7) is 0. The Morgan fingerprint density at radius 3 is 2.60 bits per heavy atom. The standard InChI is InChI=1S/C11H15NO2S/c13-10-3-1-8(2-4-10)11(14,7-10)9-12-5-6-15-9/h5-6,8,13-14H,1-4,7H2. The Balaban J connectivity index is 1.99. The largest absolute Gasteiger partial charge is 0.390 e. The summed E-state index contributed by atoms with van der Waals surface area (Å²) in [6.07, 6.45) is 5.72. The van der Waals surface area contributed by atoms with Crippen LogP contribution in [-0.2, 0) is 5.60 Å². The zero-order valence-electron chi connectivity index (χ0n) is 8.52. The normalized spacial score (nSPS) is 44.5. The van der Waals surface area contributed by atoms with Crippen LogP contribution in [0.1, 0.15) is 37.1 Å². The predicted octanol–water partition coefficient (Wildman–Crippen LogP) is 1.66. The van der Waals surface area contributed by atoms with Gasteiger partial charge in [0.2, 0.25) is 0 Å². The smallest absolute Gasteiger partial charge is 0.125 e. The number of hydrogen-bond donors (Lipinski definition) is 2. The van der Waals surface area contributed by atoms with Crippen molar-refractivity contribution in [3.05, 3.63) is 16.6 Å². The van der Waals surface area contributed by atoms with Crippen molar-refractivity contribution in [1.82, 2.24) is 4.98 Å². The highest BCUT2D eigenvalue weighted by molar-refractivity contribution is 7.09. The van der Waals surface area contributed by atoms with E-state index in [0.717, 1.165) is 30.7 Å². The van der Waals surface area contributed by atoms with Crippen LogP contribution in [0.2, 0.25) is 0 Å². The van der Waals surface area contributed by atoms with Crippen molar-refractivity contribution in [2.45, 2.75) is 43.3 Å². The second-order valence-electron chi connectivity index (χ2n) is 4.94. The fourth-order valence-electron chi connectivity index (χ4n) is 3.14. The minimum Gasteiger partial charge on any atom is -0.390 e. The van der Waals surface area contributed by atoms with Gasteiger partial charge in [-0.3, -0.25) is 0 Å². The van der Waals surface area contributed by atoms with Crippen molar-refractivity contribution in [2.75, 3.05) is 0 Å². The molecule has 15 heavy (non-hydrogen) atoms. The lowest BCUT2D eigenvalue weighted by Crippen LogP contribution is -2.53. The van der Waals surface area contributed by atoms with Crippen LogP contribution in [0.25, 0.3) is 0 Å². The van der Waals surface area contributed by atoms with Gasteiger partial charge in [-0.05, 0) is 31.6 Å². The molecule has 1 atom stereocenters. The maximum Gasteiger partial charge on any atom is 0.125 e. The lowest BCUT2D eigenvalue weighted by Gasteiger charge is -2.51. The van der Waals surface area contributed by atoms with E-state index in [1.165, 1.54) is 11.3 Å². The topological polar surface area (TPSA) is 53.4 Å². The molecule has 0 aliphatic heterocycles. The van der Waals surface area contributed by atoms with Crippen LogP contribution in [-0.4, -0.2) is 20.8 Å². The van der Waals surface area contributed by atoms with E-state index in [1.807, 2.05) is 5.38 Å². The Hall–Kier alpha value is -0.450. The van der Waals surface area contributed by atoms with Crippen LogP contribution in [0.4, 0.5) is 0 Å². The van der Waals surface area contributed by atoms with Crippen LogP contribution >= 0.6 is 11.3 Å². The summed E-state index contributed by atoms with van der Waals surface area (Å²) in [5.74, 6) is 0.290. The SMILES string of the molecule is OC12CCC(CC1)C(O)(c1nccs1)C2. The first kappa shape index (κ1) is 9.75. The summed E-state index contributed by atoms with van der Waals surface area (Å²) < 4.78 is 0. The lowest BCUT2D eigenvalue weighted by atomic mass is 9.60. The molecule has 0 radical (unpaired) electrons. The molecule has 1 aromatic heterocycles. The van der Waals surface area contributed by atoms with Gasteiger partial charge in [0.15, 0.2) is 0 Å². The number of aliphatic hydroxyl groups is 2. The molecule has 1 unspecified atom stereocenters. The van der Waals surface area contributed by atoms with Gasteiger partial charge in [0.05, 0.1) is 5.60 Å². The van der Waals surface area contributed by atoms with E-state index in [1.54, 1.807) is 6.20 Å². The van der Waals surface area contributed by atoms with Gasteiger partial charge < -0.3 is 10.2 Å². The summed E-state index contributed by atoms with van der Waals surface area (Å²) >= 11 is 1.49. The fourth-order valence-corrected chi connectivity index (χ4v) is 3.96. The molecule has 0 aromatic carbocycles. The van der Waals surface area contributed by atoms with Gasteiger partial charge in [-0.25, -0.2) is 4.98 Å². The molecule has 3 aliphatic carbocycles. The van der Waals surface area contributed by atoms with Crippen molar-refractivity contribution in [1.29, 1.82) is 0 Å². The Labute approximate surface area is 92.8 Å². The zero-order valence-corrected chi connectivity index (χ0v) is 9.33. The van der Waals surface area contributed by atoms with Crippen LogP contribution in [0.15, 0.2) is 11.6 Å². The second kappa shape index (κ2) is 3.03. The van der Waals surface area contributed by atoms with Gasteiger partial charge in [-0.2, -0.15) is 0 Å². The second-order valence-corrected chi connectivity index (χ2v) is 5.83. The average Bonchev–Trinajstić information content (AvgIpc) is 2.70. The van der Waals surface area contributed by atoms with Gasteiger partial charge in [-0.15, -0.1) is 11.3 Å². The highest BCUT2D eigenvalue weighted by atomic mass is 32.1. The Morgan fingerprint density at radius 1 is 1.33 bits per heavy atom. The molecule has 0 spiro atoms. The van der Waals surface area contributed by atoms with E-state index >= 15 is 0 Å². The Bertz CT molecular complexity index is 357. The summed E-state index contributed by atoms with van der Waals surface area (Å²) in [4.78, 5) is 4.22. The summed E-state index contributed by atoms with van der Waals surface area (Å²) in [7, 11) is 0. The maximum atomic E-state index is 10.7. The third-order valence-corrected chi connectivity index (χ3v) is 4.93. The number of nitrogens with zero attached hydrogens (tertiary/aromatic N) is 1. The van der Waals surface area contributed by atoms with Crippen molar-refractivity contribution in [3.63, 3.8) is 0 Å². The van der Waals surface area contributed by atoms with E-state index in [0.29, 0.717) is 6.42 Å². The highest BCUT2D eigenvalue weighted by Crippen LogP contribution is 2.54. The zero-order chi connectivity index (χ0) is 10.5. The molecule has 1 aromatic rings. The van der Waals surface area contributed by atoms with E-state index in [-0.39, 0.29) is 5.92 Å². The molecular formula is C11H15NO2S. The predicted molar refractivity (Wildman–Crippen MR) is 57.5 cm³/mol. The minimum atomic E-state index is -0.862. The molecule has 0 saturated heterocycles. The molecule has 4 rings (SSSR count). The molecule has 2 N–H and O–H groups in total. The molecule has 1 heterocycles. The minimum absolute atomic E-state index is 0.290. The first-order chi connectivity index (χ1) is 7.12. The maximum absolute atomic E-state index is 10.7. The number of hydrogen-bond acceptors (Lipinski definition) is 4. The third kappa shape index (κ3) is 1.35.